The van der Waals surface area contributed by atoms with E-state index < -0.39 is 0 Å². The van der Waals surface area contributed by atoms with E-state index >= 15 is 0 Å². The maximum atomic E-state index is 5.59. The Morgan fingerprint density at radius 3 is 2.45 bits per heavy atom. The first kappa shape index (κ1) is 15.0. The lowest BCUT2D eigenvalue weighted by molar-refractivity contribution is 0.169. The topological polar surface area (TPSA) is 24.5 Å². The van der Waals surface area contributed by atoms with Gasteiger partial charge in [-0.15, -0.1) is 0 Å². The van der Waals surface area contributed by atoms with Crippen LogP contribution in [-0.4, -0.2) is 28.9 Å². The average molecular weight is 312 g/mol. The third kappa shape index (κ3) is 2.98. The highest BCUT2D eigenvalue weighted by atomic mass is 32.1. The van der Waals surface area contributed by atoms with Crippen molar-refractivity contribution in [3.8, 4) is 11.1 Å². The second-order valence-corrected chi connectivity index (χ2v) is 6.45. The summed E-state index contributed by atoms with van der Waals surface area (Å²) in [4.78, 5) is 2.09. The van der Waals surface area contributed by atoms with Crippen LogP contribution in [0, 0.1) is 0 Å². The van der Waals surface area contributed by atoms with Crippen molar-refractivity contribution in [3.63, 3.8) is 0 Å². The summed E-state index contributed by atoms with van der Waals surface area (Å²) in [7, 11) is 0. The molecular weight excluding hydrogens is 292 g/mol. The van der Waals surface area contributed by atoms with Crippen LogP contribution in [0.4, 0.5) is 5.69 Å². The summed E-state index contributed by atoms with van der Waals surface area (Å²) < 4.78 is 5.54. The van der Waals surface area contributed by atoms with Gasteiger partial charge >= 0.3 is 0 Å². The SMILES string of the molecule is CC1(C)COCN1C(=S)Nc1ccccc1-c1ccccc1. The molecule has 0 bridgehead atoms. The molecule has 0 aromatic heterocycles. The van der Waals surface area contributed by atoms with Gasteiger partial charge in [0.05, 0.1) is 12.1 Å². The first-order valence-corrected chi connectivity index (χ1v) is 7.79. The van der Waals surface area contributed by atoms with Crippen LogP contribution in [0.1, 0.15) is 13.8 Å². The van der Waals surface area contributed by atoms with E-state index in [0.717, 1.165) is 11.3 Å². The molecular formula is C18H20N2OS. The first-order valence-electron chi connectivity index (χ1n) is 7.39. The summed E-state index contributed by atoms with van der Waals surface area (Å²) in [5.74, 6) is 0. The van der Waals surface area contributed by atoms with Gasteiger partial charge in [-0.05, 0) is 37.7 Å². The van der Waals surface area contributed by atoms with Gasteiger partial charge in [0.2, 0.25) is 0 Å². The number of anilines is 1. The normalized spacial score (nSPS) is 16.5. The number of nitrogens with zero attached hydrogens (tertiary/aromatic N) is 1. The maximum Gasteiger partial charge on any atom is 0.175 e. The molecule has 0 unspecified atom stereocenters. The van der Waals surface area contributed by atoms with Gasteiger partial charge in [-0.3, -0.25) is 0 Å². The van der Waals surface area contributed by atoms with Gasteiger partial charge in [-0.25, -0.2) is 0 Å². The quantitative estimate of drug-likeness (QED) is 0.843. The van der Waals surface area contributed by atoms with E-state index in [1.807, 2.05) is 30.3 Å². The number of nitrogens with one attached hydrogen (secondary N) is 1. The van der Waals surface area contributed by atoms with Gasteiger partial charge in [0.1, 0.15) is 6.73 Å². The molecule has 0 saturated carbocycles. The highest BCUT2D eigenvalue weighted by Crippen LogP contribution is 2.29. The van der Waals surface area contributed by atoms with Crippen LogP contribution in [0.2, 0.25) is 0 Å². The summed E-state index contributed by atoms with van der Waals surface area (Å²) in [6.07, 6.45) is 0. The van der Waals surface area contributed by atoms with Crippen molar-refractivity contribution in [2.24, 2.45) is 0 Å². The largest absolute Gasteiger partial charge is 0.359 e. The first-order chi connectivity index (χ1) is 10.6. The van der Waals surface area contributed by atoms with E-state index in [2.05, 4.69) is 48.3 Å². The predicted octanol–water partition coefficient (Wildman–Crippen LogP) is 4.12. The second kappa shape index (κ2) is 6.07. The summed E-state index contributed by atoms with van der Waals surface area (Å²) in [5, 5.41) is 4.08. The van der Waals surface area contributed by atoms with Crippen molar-refractivity contribution < 1.29 is 4.74 Å². The molecule has 4 heteroatoms. The number of hydrogen-bond acceptors (Lipinski definition) is 2. The van der Waals surface area contributed by atoms with E-state index in [1.165, 1.54) is 5.56 Å². The van der Waals surface area contributed by atoms with Crippen molar-refractivity contribution in [1.29, 1.82) is 0 Å². The Hall–Kier alpha value is -1.91. The van der Waals surface area contributed by atoms with Crippen LogP contribution in [0.15, 0.2) is 54.6 Å². The third-order valence-electron chi connectivity index (χ3n) is 3.90. The fourth-order valence-corrected chi connectivity index (χ4v) is 3.03. The Morgan fingerprint density at radius 2 is 1.77 bits per heavy atom. The van der Waals surface area contributed by atoms with Crippen LogP contribution in [-0.2, 0) is 4.74 Å². The van der Waals surface area contributed by atoms with Crippen LogP contribution in [0.3, 0.4) is 0 Å². The highest BCUT2D eigenvalue weighted by Gasteiger charge is 2.34. The Kier molecular flexibility index (Phi) is 4.14. The lowest BCUT2D eigenvalue weighted by Gasteiger charge is -2.31. The molecule has 1 heterocycles. The summed E-state index contributed by atoms with van der Waals surface area (Å²) >= 11 is 5.59. The second-order valence-electron chi connectivity index (χ2n) is 6.06. The van der Waals surface area contributed by atoms with Gasteiger partial charge in [0.15, 0.2) is 5.11 Å². The van der Waals surface area contributed by atoms with Gasteiger partial charge in [0.25, 0.3) is 0 Å². The number of hydrogen-bond donors (Lipinski definition) is 1. The maximum absolute atomic E-state index is 5.59. The van der Waals surface area contributed by atoms with E-state index in [0.29, 0.717) is 18.5 Å². The zero-order valence-electron chi connectivity index (χ0n) is 12.9. The van der Waals surface area contributed by atoms with Gasteiger partial charge in [-0.1, -0.05) is 48.5 Å². The average Bonchev–Trinajstić information content (AvgIpc) is 2.88. The Labute approximate surface area is 136 Å². The molecule has 22 heavy (non-hydrogen) atoms. The number of rotatable bonds is 2. The number of thiocarbonyl (C=S) groups is 1. The van der Waals surface area contributed by atoms with Crippen LogP contribution >= 0.6 is 12.2 Å². The fourth-order valence-electron chi connectivity index (χ4n) is 2.62. The van der Waals surface area contributed by atoms with E-state index in [-0.39, 0.29) is 5.54 Å². The molecule has 0 atom stereocenters. The monoisotopic (exact) mass is 312 g/mol. The smallest absolute Gasteiger partial charge is 0.175 e. The van der Waals surface area contributed by atoms with E-state index in [4.69, 9.17) is 17.0 Å². The zero-order valence-corrected chi connectivity index (χ0v) is 13.7. The Morgan fingerprint density at radius 1 is 1.09 bits per heavy atom. The molecule has 1 fully saturated rings. The minimum absolute atomic E-state index is 0.0776. The molecule has 1 N–H and O–H groups in total. The molecule has 3 rings (SSSR count). The molecule has 1 saturated heterocycles. The Bertz CT molecular complexity index is 670. The molecule has 2 aromatic carbocycles. The lowest BCUT2D eigenvalue weighted by Crippen LogP contribution is -2.46. The fraction of sp³-hybridized carbons (Fsp3) is 0.278. The number of ether oxygens (including phenoxy) is 1. The van der Waals surface area contributed by atoms with Crippen molar-refractivity contribution in [2.45, 2.75) is 19.4 Å². The molecule has 114 valence electrons. The van der Waals surface area contributed by atoms with Crippen molar-refractivity contribution in [2.75, 3.05) is 18.7 Å². The summed E-state index contributed by atoms with van der Waals surface area (Å²) in [5.41, 5.74) is 3.25. The van der Waals surface area contributed by atoms with Crippen LogP contribution in [0.25, 0.3) is 11.1 Å². The zero-order chi connectivity index (χ0) is 15.6. The van der Waals surface area contributed by atoms with Gasteiger partial charge in [-0.2, -0.15) is 0 Å². The highest BCUT2D eigenvalue weighted by molar-refractivity contribution is 7.80. The minimum atomic E-state index is -0.0776. The van der Waals surface area contributed by atoms with E-state index in [1.54, 1.807) is 0 Å². The molecule has 1 aliphatic heterocycles. The van der Waals surface area contributed by atoms with Crippen molar-refractivity contribution in [1.82, 2.24) is 4.90 Å². The number of para-hydroxylation sites is 1. The Balaban J connectivity index is 1.86. The number of benzene rings is 2. The van der Waals surface area contributed by atoms with Gasteiger partial charge in [0, 0.05) is 11.3 Å². The van der Waals surface area contributed by atoms with E-state index in [9.17, 15) is 0 Å². The third-order valence-corrected chi connectivity index (χ3v) is 4.23. The van der Waals surface area contributed by atoms with Crippen LogP contribution in [0.5, 0.6) is 0 Å². The van der Waals surface area contributed by atoms with Crippen molar-refractivity contribution >= 4 is 23.0 Å². The van der Waals surface area contributed by atoms with Crippen LogP contribution < -0.4 is 5.32 Å². The standard InChI is InChI=1S/C18H20N2OS/c1-18(2)12-21-13-20(18)17(22)19-16-11-7-6-10-15(16)14-8-4-3-5-9-14/h3-11H,12-13H2,1-2H3,(H,19,22). The van der Waals surface area contributed by atoms with Crippen molar-refractivity contribution in [3.05, 3.63) is 54.6 Å². The molecule has 1 aliphatic rings. The molecule has 0 spiro atoms. The molecule has 0 amide bonds. The molecule has 3 nitrogen and oxygen atoms in total. The lowest BCUT2D eigenvalue weighted by atomic mass is 10.0. The molecule has 0 aliphatic carbocycles. The molecule has 2 aromatic rings. The van der Waals surface area contributed by atoms with Gasteiger partial charge < -0.3 is 15.0 Å². The summed E-state index contributed by atoms with van der Waals surface area (Å²) in [6.45, 7) is 5.50. The molecule has 0 radical (unpaired) electrons. The summed E-state index contributed by atoms with van der Waals surface area (Å²) in [6, 6.07) is 18.5. The predicted molar refractivity (Wildman–Crippen MR) is 94.8 cm³/mol. The minimum Gasteiger partial charge on any atom is -0.359 e.